The van der Waals surface area contributed by atoms with Crippen molar-refractivity contribution < 1.29 is 18.0 Å². The van der Waals surface area contributed by atoms with Crippen LogP contribution in [0.2, 0.25) is 0 Å². The van der Waals surface area contributed by atoms with Crippen LogP contribution in [0, 0.1) is 23.2 Å². The first kappa shape index (κ1) is 22.0. The topological polar surface area (TPSA) is 58.1 Å². The standard InChI is InChI=1S/C26H29F3N4O/c27-26(28,29)20-3-1-16(2-4-20)13-33-6-5-21-22(14-33)30-15-31-23(21)32-24(34)25-10-17-7-18(11-25)9-19(8-17)12-25/h1-4,15,17-19H,5-14H2,(H,30,31,32,34). The summed E-state index contributed by atoms with van der Waals surface area (Å²) in [7, 11) is 0. The first-order valence-electron chi connectivity index (χ1n) is 12.3. The van der Waals surface area contributed by atoms with Crippen molar-refractivity contribution in [3.63, 3.8) is 0 Å². The molecule has 7 rings (SSSR count). The van der Waals surface area contributed by atoms with E-state index < -0.39 is 11.7 Å². The zero-order chi connectivity index (χ0) is 23.5. The molecule has 4 fully saturated rings. The summed E-state index contributed by atoms with van der Waals surface area (Å²) < 4.78 is 38.5. The smallest absolute Gasteiger partial charge is 0.310 e. The summed E-state index contributed by atoms with van der Waals surface area (Å²) in [4.78, 5) is 24.6. The Labute approximate surface area is 197 Å². The van der Waals surface area contributed by atoms with Crippen LogP contribution in [0.3, 0.4) is 0 Å². The zero-order valence-electron chi connectivity index (χ0n) is 19.1. The van der Waals surface area contributed by atoms with E-state index in [2.05, 4.69) is 20.2 Å². The first-order chi connectivity index (χ1) is 16.3. The van der Waals surface area contributed by atoms with Crippen LogP contribution in [0.4, 0.5) is 19.0 Å². The number of carbonyl (C=O) groups excluding carboxylic acids is 1. The molecule has 0 atom stereocenters. The number of fused-ring (bicyclic) bond motifs is 1. The third kappa shape index (κ3) is 4.00. The minimum absolute atomic E-state index is 0.139. The highest BCUT2D eigenvalue weighted by molar-refractivity contribution is 5.95. The molecular formula is C26H29F3N4O. The van der Waals surface area contributed by atoms with Crippen molar-refractivity contribution in [1.82, 2.24) is 14.9 Å². The van der Waals surface area contributed by atoms with Gasteiger partial charge in [-0.3, -0.25) is 9.69 Å². The summed E-state index contributed by atoms with van der Waals surface area (Å²) >= 11 is 0. The van der Waals surface area contributed by atoms with E-state index in [0.29, 0.717) is 43.1 Å². The number of alkyl halides is 3. The molecule has 2 aromatic rings. The van der Waals surface area contributed by atoms with Gasteiger partial charge in [-0.15, -0.1) is 0 Å². The highest BCUT2D eigenvalue weighted by Crippen LogP contribution is 2.60. The zero-order valence-corrected chi connectivity index (χ0v) is 19.1. The molecule has 1 aliphatic heterocycles. The largest absolute Gasteiger partial charge is 0.416 e. The van der Waals surface area contributed by atoms with Gasteiger partial charge in [-0.2, -0.15) is 13.2 Å². The molecule has 0 saturated heterocycles. The van der Waals surface area contributed by atoms with Gasteiger partial charge in [0.2, 0.25) is 5.91 Å². The van der Waals surface area contributed by atoms with E-state index in [9.17, 15) is 18.0 Å². The Hall–Kier alpha value is -2.48. The molecule has 0 radical (unpaired) electrons. The molecule has 4 bridgehead atoms. The van der Waals surface area contributed by atoms with Gasteiger partial charge in [-0.05, 0) is 80.4 Å². The highest BCUT2D eigenvalue weighted by atomic mass is 19.4. The Morgan fingerprint density at radius 1 is 1.03 bits per heavy atom. The lowest BCUT2D eigenvalue weighted by atomic mass is 9.49. The third-order valence-electron chi connectivity index (χ3n) is 8.53. The minimum Gasteiger partial charge on any atom is -0.310 e. The summed E-state index contributed by atoms with van der Waals surface area (Å²) in [6.45, 7) is 1.87. The van der Waals surface area contributed by atoms with Gasteiger partial charge in [-0.1, -0.05) is 12.1 Å². The number of halogens is 3. The van der Waals surface area contributed by atoms with E-state index in [1.165, 1.54) is 37.7 Å². The lowest BCUT2D eigenvalue weighted by Gasteiger charge is -2.55. The number of amides is 1. The molecule has 0 unspecified atom stereocenters. The SMILES string of the molecule is O=C(Nc1ncnc2c1CCN(Cc1ccc(C(F)(F)F)cc1)C2)C12CC3CC(CC(C3)C1)C2. The predicted molar refractivity (Wildman–Crippen MR) is 121 cm³/mol. The molecule has 180 valence electrons. The van der Waals surface area contributed by atoms with E-state index in [4.69, 9.17) is 0 Å². The molecule has 4 saturated carbocycles. The van der Waals surface area contributed by atoms with Gasteiger partial charge >= 0.3 is 6.18 Å². The van der Waals surface area contributed by atoms with Crippen LogP contribution >= 0.6 is 0 Å². The fraction of sp³-hybridized carbons (Fsp3) is 0.577. The normalized spacial score (nSPS) is 30.3. The number of rotatable bonds is 4. The van der Waals surface area contributed by atoms with Gasteiger partial charge in [-0.25, -0.2) is 9.97 Å². The average Bonchev–Trinajstić information content (AvgIpc) is 2.78. The Kier molecular flexibility index (Phi) is 5.20. The van der Waals surface area contributed by atoms with E-state index in [1.807, 2.05) is 0 Å². The number of anilines is 1. The second-order valence-corrected chi connectivity index (χ2v) is 11.0. The summed E-state index contributed by atoms with van der Waals surface area (Å²) in [5.74, 6) is 2.89. The van der Waals surface area contributed by atoms with Gasteiger partial charge in [0, 0.05) is 25.2 Å². The van der Waals surface area contributed by atoms with E-state index in [1.54, 1.807) is 0 Å². The van der Waals surface area contributed by atoms with Gasteiger partial charge in [0.25, 0.3) is 0 Å². The molecule has 5 aliphatic rings. The summed E-state index contributed by atoms with van der Waals surface area (Å²) in [6, 6.07) is 5.34. The predicted octanol–water partition coefficient (Wildman–Crippen LogP) is 5.21. The maximum absolute atomic E-state index is 13.5. The molecule has 8 heteroatoms. The monoisotopic (exact) mass is 470 g/mol. The van der Waals surface area contributed by atoms with Crippen molar-refractivity contribution in [3.05, 3.63) is 53.0 Å². The molecule has 1 aromatic heterocycles. The number of aromatic nitrogens is 2. The summed E-state index contributed by atoms with van der Waals surface area (Å²) in [5.41, 5.74) is 1.85. The number of carbonyl (C=O) groups is 1. The van der Waals surface area contributed by atoms with E-state index >= 15 is 0 Å². The van der Waals surface area contributed by atoms with Gasteiger partial charge < -0.3 is 5.32 Å². The Morgan fingerprint density at radius 3 is 2.29 bits per heavy atom. The number of nitrogens with zero attached hydrogens (tertiary/aromatic N) is 3. The summed E-state index contributed by atoms with van der Waals surface area (Å²) in [6.07, 6.45) is 4.81. The van der Waals surface area contributed by atoms with Crippen LogP contribution in [0.1, 0.15) is 60.9 Å². The highest BCUT2D eigenvalue weighted by Gasteiger charge is 2.54. The average molecular weight is 471 g/mol. The maximum atomic E-state index is 13.5. The maximum Gasteiger partial charge on any atom is 0.416 e. The number of hydrogen-bond donors (Lipinski definition) is 1. The van der Waals surface area contributed by atoms with E-state index in [0.717, 1.165) is 54.8 Å². The molecule has 5 nitrogen and oxygen atoms in total. The van der Waals surface area contributed by atoms with Crippen LogP contribution < -0.4 is 5.32 Å². The van der Waals surface area contributed by atoms with Crippen LogP contribution in [0.5, 0.6) is 0 Å². The van der Waals surface area contributed by atoms with Gasteiger partial charge in [0.1, 0.15) is 12.1 Å². The first-order valence-corrected chi connectivity index (χ1v) is 12.3. The molecule has 2 heterocycles. The van der Waals surface area contributed by atoms with Gasteiger partial charge in [0.05, 0.1) is 16.7 Å². The van der Waals surface area contributed by atoms with Crippen molar-refractivity contribution in [2.45, 2.75) is 64.2 Å². The molecule has 4 aliphatic carbocycles. The fourth-order valence-electron chi connectivity index (χ4n) is 7.34. The van der Waals surface area contributed by atoms with Crippen molar-refractivity contribution in [2.24, 2.45) is 23.2 Å². The van der Waals surface area contributed by atoms with Crippen molar-refractivity contribution in [3.8, 4) is 0 Å². The van der Waals surface area contributed by atoms with Crippen LogP contribution in [0.15, 0.2) is 30.6 Å². The Morgan fingerprint density at radius 2 is 1.68 bits per heavy atom. The molecule has 1 aromatic carbocycles. The molecule has 1 N–H and O–H groups in total. The summed E-state index contributed by atoms with van der Waals surface area (Å²) in [5, 5.41) is 3.20. The number of hydrogen-bond acceptors (Lipinski definition) is 4. The van der Waals surface area contributed by atoms with Crippen molar-refractivity contribution in [1.29, 1.82) is 0 Å². The quantitative estimate of drug-likeness (QED) is 0.667. The second kappa shape index (κ2) is 8.04. The molecule has 1 amide bonds. The van der Waals surface area contributed by atoms with Crippen molar-refractivity contribution in [2.75, 3.05) is 11.9 Å². The Bertz CT molecular complexity index is 1060. The van der Waals surface area contributed by atoms with Crippen LogP contribution in [-0.4, -0.2) is 27.3 Å². The van der Waals surface area contributed by atoms with Crippen LogP contribution in [-0.2, 0) is 30.5 Å². The second-order valence-electron chi connectivity index (χ2n) is 11.0. The Balaban J connectivity index is 1.14. The number of nitrogens with one attached hydrogen (secondary N) is 1. The minimum atomic E-state index is -4.32. The molecule has 34 heavy (non-hydrogen) atoms. The molecular weight excluding hydrogens is 441 g/mol. The van der Waals surface area contributed by atoms with Crippen LogP contribution in [0.25, 0.3) is 0 Å². The van der Waals surface area contributed by atoms with E-state index in [-0.39, 0.29) is 11.3 Å². The van der Waals surface area contributed by atoms with Gasteiger partial charge in [0.15, 0.2) is 0 Å². The lowest BCUT2D eigenvalue weighted by Crippen LogP contribution is -2.52. The lowest BCUT2D eigenvalue weighted by molar-refractivity contribution is -0.140. The fourth-order valence-corrected chi connectivity index (χ4v) is 7.34. The number of benzene rings is 1. The molecule has 0 spiro atoms. The van der Waals surface area contributed by atoms with Crippen molar-refractivity contribution >= 4 is 11.7 Å². The third-order valence-corrected chi connectivity index (χ3v) is 8.53.